The Hall–Kier alpha value is -1.47. The van der Waals surface area contributed by atoms with Crippen LogP contribution in [0.1, 0.15) is 5.56 Å². The molecule has 0 saturated carbocycles. The van der Waals surface area contributed by atoms with Crippen LogP contribution in [-0.4, -0.2) is 8.42 Å². The number of hydrogen-bond acceptors (Lipinski definition) is 2. The Labute approximate surface area is 123 Å². The van der Waals surface area contributed by atoms with Gasteiger partial charge in [-0.1, -0.05) is 0 Å². The minimum Gasteiger partial charge on any atom is -0.278 e. The molecule has 3 nitrogen and oxygen atoms in total. The third-order valence-electron chi connectivity index (χ3n) is 2.60. The van der Waals surface area contributed by atoms with Crippen molar-refractivity contribution in [2.45, 2.75) is 11.8 Å². The van der Waals surface area contributed by atoms with Crippen LogP contribution in [-0.2, 0) is 10.0 Å². The van der Waals surface area contributed by atoms with E-state index in [1.54, 1.807) is 0 Å². The summed E-state index contributed by atoms with van der Waals surface area (Å²) in [6.45, 7) is 1.48. The van der Waals surface area contributed by atoms with Crippen molar-refractivity contribution in [1.82, 2.24) is 0 Å². The van der Waals surface area contributed by atoms with Crippen LogP contribution in [0.25, 0.3) is 0 Å². The van der Waals surface area contributed by atoms with E-state index in [0.717, 1.165) is 18.2 Å². The normalized spacial score (nSPS) is 11.4. The third kappa shape index (κ3) is 3.16. The fourth-order valence-electron chi connectivity index (χ4n) is 1.69. The molecule has 0 aromatic heterocycles. The van der Waals surface area contributed by atoms with E-state index in [2.05, 4.69) is 20.7 Å². The minimum atomic E-state index is -3.91. The van der Waals surface area contributed by atoms with E-state index < -0.39 is 21.7 Å². The Kier molecular flexibility index (Phi) is 4.10. The summed E-state index contributed by atoms with van der Waals surface area (Å²) >= 11 is 3.13. The minimum absolute atomic E-state index is 0.0601. The highest BCUT2D eigenvalue weighted by Gasteiger charge is 2.18. The van der Waals surface area contributed by atoms with Gasteiger partial charge in [-0.15, -0.1) is 0 Å². The molecule has 0 aliphatic rings. The standard InChI is InChI=1S/C13H10BrF2NO2S/c1-8-6-9(15)3-5-13(8)20(18,19)17-12-7-10(16)2-4-11(12)14/h2-7,17H,1H3. The maximum atomic E-state index is 13.2. The molecule has 0 atom stereocenters. The largest absolute Gasteiger partial charge is 0.278 e. The molecule has 1 N–H and O–H groups in total. The van der Waals surface area contributed by atoms with Gasteiger partial charge in [-0.3, -0.25) is 4.72 Å². The van der Waals surface area contributed by atoms with Crippen LogP contribution in [0, 0.1) is 18.6 Å². The number of aryl methyl sites for hydroxylation is 1. The summed E-state index contributed by atoms with van der Waals surface area (Å²) in [7, 11) is -3.91. The molecule has 0 saturated heterocycles. The van der Waals surface area contributed by atoms with Crippen LogP contribution in [0.3, 0.4) is 0 Å². The first kappa shape index (κ1) is 14.9. The fraction of sp³-hybridized carbons (Fsp3) is 0.0769. The van der Waals surface area contributed by atoms with E-state index in [1.807, 2.05) is 0 Å². The van der Waals surface area contributed by atoms with E-state index in [0.29, 0.717) is 4.47 Å². The van der Waals surface area contributed by atoms with Crippen molar-refractivity contribution in [2.75, 3.05) is 4.72 Å². The summed E-state index contributed by atoms with van der Waals surface area (Å²) in [4.78, 5) is -0.0601. The van der Waals surface area contributed by atoms with Crippen molar-refractivity contribution < 1.29 is 17.2 Å². The fourth-order valence-corrected chi connectivity index (χ4v) is 3.47. The molecular weight excluding hydrogens is 352 g/mol. The van der Waals surface area contributed by atoms with E-state index >= 15 is 0 Å². The van der Waals surface area contributed by atoms with Gasteiger partial charge >= 0.3 is 0 Å². The Morgan fingerprint density at radius 1 is 1.05 bits per heavy atom. The van der Waals surface area contributed by atoms with Gasteiger partial charge in [-0.25, -0.2) is 17.2 Å². The molecular formula is C13H10BrF2NO2S. The second-order valence-electron chi connectivity index (χ2n) is 4.14. The molecule has 0 unspecified atom stereocenters. The molecule has 0 bridgehead atoms. The Bertz CT molecular complexity index is 763. The molecule has 0 heterocycles. The number of rotatable bonds is 3. The van der Waals surface area contributed by atoms with E-state index in [4.69, 9.17) is 0 Å². The van der Waals surface area contributed by atoms with Gasteiger partial charge in [0.15, 0.2) is 0 Å². The van der Waals surface area contributed by atoms with Crippen molar-refractivity contribution in [3.8, 4) is 0 Å². The second kappa shape index (κ2) is 5.49. The van der Waals surface area contributed by atoms with Gasteiger partial charge in [0, 0.05) is 4.47 Å². The summed E-state index contributed by atoms with van der Waals surface area (Å²) < 4.78 is 53.3. The first-order valence-electron chi connectivity index (χ1n) is 5.53. The lowest BCUT2D eigenvalue weighted by molar-refractivity contribution is 0.598. The monoisotopic (exact) mass is 361 g/mol. The summed E-state index contributed by atoms with van der Waals surface area (Å²) in [5, 5.41) is 0. The van der Waals surface area contributed by atoms with Crippen molar-refractivity contribution in [2.24, 2.45) is 0 Å². The Balaban J connectivity index is 2.43. The van der Waals surface area contributed by atoms with Crippen molar-refractivity contribution in [3.05, 3.63) is 58.1 Å². The van der Waals surface area contributed by atoms with Gasteiger partial charge in [0.2, 0.25) is 0 Å². The zero-order chi connectivity index (χ0) is 14.9. The molecule has 106 valence electrons. The Morgan fingerprint density at radius 3 is 2.30 bits per heavy atom. The predicted octanol–water partition coefficient (Wildman–Crippen LogP) is 3.84. The van der Waals surface area contributed by atoms with Crippen LogP contribution in [0.4, 0.5) is 14.5 Å². The maximum Gasteiger partial charge on any atom is 0.262 e. The van der Waals surface area contributed by atoms with Crippen LogP contribution in [0.15, 0.2) is 45.8 Å². The summed E-state index contributed by atoms with van der Waals surface area (Å²) in [5.41, 5.74) is 0.346. The molecule has 0 fully saturated rings. The van der Waals surface area contributed by atoms with Crippen LogP contribution in [0.2, 0.25) is 0 Å². The molecule has 2 aromatic carbocycles. The lowest BCUT2D eigenvalue weighted by Gasteiger charge is -2.11. The molecule has 0 aliphatic carbocycles. The number of benzene rings is 2. The van der Waals surface area contributed by atoms with Crippen LogP contribution >= 0.6 is 15.9 Å². The SMILES string of the molecule is Cc1cc(F)ccc1S(=O)(=O)Nc1cc(F)ccc1Br. The average molecular weight is 362 g/mol. The number of nitrogens with one attached hydrogen (secondary N) is 1. The molecule has 0 spiro atoms. The highest BCUT2D eigenvalue weighted by atomic mass is 79.9. The van der Waals surface area contributed by atoms with Gasteiger partial charge in [-0.2, -0.15) is 0 Å². The zero-order valence-electron chi connectivity index (χ0n) is 10.3. The number of sulfonamides is 1. The first-order chi connectivity index (χ1) is 9.29. The van der Waals surface area contributed by atoms with Crippen molar-refractivity contribution >= 4 is 31.6 Å². The highest BCUT2D eigenvalue weighted by Crippen LogP contribution is 2.27. The van der Waals surface area contributed by atoms with Crippen LogP contribution < -0.4 is 4.72 Å². The van der Waals surface area contributed by atoms with Gasteiger partial charge in [0.25, 0.3) is 10.0 Å². The van der Waals surface area contributed by atoms with Crippen molar-refractivity contribution in [3.63, 3.8) is 0 Å². The molecule has 0 radical (unpaired) electrons. The summed E-state index contributed by atoms with van der Waals surface area (Å²) in [6.07, 6.45) is 0. The molecule has 2 aromatic rings. The number of anilines is 1. The van der Waals surface area contributed by atoms with E-state index in [1.165, 1.54) is 25.1 Å². The van der Waals surface area contributed by atoms with Crippen molar-refractivity contribution in [1.29, 1.82) is 0 Å². The molecule has 0 aliphatic heterocycles. The summed E-state index contributed by atoms with van der Waals surface area (Å²) in [6, 6.07) is 6.99. The van der Waals surface area contributed by atoms with E-state index in [9.17, 15) is 17.2 Å². The summed E-state index contributed by atoms with van der Waals surface area (Å²) in [5.74, 6) is -1.09. The lowest BCUT2D eigenvalue weighted by Crippen LogP contribution is -2.14. The zero-order valence-corrected chi connectivity index (χ0v) is 12.7. The molecule has 20 heavy (non-hydrogen) atoms. The first-order valence-corrected chi connectivity index (χ1v) is 7.81. The predicted molar refractivity (Wildman–Crippen MR) is 76.0 cm³/mol. The smallest absolute Gasteiger partial charge is 0.262 e. The van der Waals surface area contributed by atoms with Gasteiger partial charge < -0.3 is 0 Å². The van der Waals surface area contributed by atoms with E-state index in [-0.39, 0.29) is 16.1 Å². The number of hydrogen-bond donors (Lipinski definition) is 1. The van der Waals surface area contributed by atoms with Gasteiger partial charge in [-0.05, 0) is 64.8 Å². The third-order valence-corrected chi connectivity index (χ3v) is 4.82. The molecule has 7 heteroatoms. The Morgan fingerprint density at radius 2 is 1.65 bits per heavy atom. The highest BCUT2D eigenvalue weighted by molar-refractivity contribution is 9.10. The molecule has 0 amide bonds. The average Bonchev–Trinajstić information content (AvgIpc) is 2.33. The topological polar surface area (TPSA) is 46.2 Å². The molecule has 2 rings (SSSR count). The maximum absolute atomic E-state index is 13.2. The van der Waals surface area contributed by atoms with Gasteiger partial charge in [0.1, 0.15) is 11.6 Å². The van der Waals surface area contributed by atoms with Gasteiger partial charge in [0.05, 0.1) is 10.6 Å². The second-order valence-corrected chi connectivity index (χ2v) is 6.64. The van der Waals surface area contributed by atoms with Crippen LogP contribution in [0.5, 0.6) is 0 Å². The number of halogens is 3. The quantitative estimate of drug-likeness (QED) is 0.902. The lowest BCUT2D eigenvalue weighted by atomic mass is 10.2.